The van der Waals surface area contributed by atoms with Gasteiger partial charge in [0, 0.05) is 18.2 Å². The maximum atomic E-state index is 12.2. The van der Waals surface area contributed by atoms with Crippen LogP contribution in [0.1, 0.15) is 19.7 Å². The summed E-state index contributed by atoms with van der Waals surface area (Å²) in [6, 6.07) is 6.96. The first-order valence-electron chi connectivity index (χ1n) is 7.25. The van der Waals surface area contributed by atoms with Gasteiger partial charge < -0.3 is 14.8 Å². The van der Waals surface area contributed by atoms with Crippen LogP contribution in [-0.2, 0) is 9.59 Å². The quantitative estimate of drug-likeness (QED) is 0.897. The number of amides is 1. The molecule has 2 atom stereocenters. The summed E-state index contributed by atoms with van der Waals surface area (Å²) >= 11 is 0. The number of aromatic nitrogens is 2. The molecule has 1 saturated carbocycles. The van der Waals surface area contributed by atoms with Crippen molar-refractivity contribution in [1.29, 1.82) is 0 Å². The van der Waals surface area contributed by atoms with E-state index in [-0.39, 0.29) is 5.91 Å². The fourth-order valence-corrected chi connectivity index (χ4v) is 2.92. The summed E-state index contributed by atoms with van der Waals surface area (Å²) in [6.07, 6.45) is 0. The number of benzene rings is 1. The molecule has 0 spiro atoms. The molecule has 23 heavy (non-hydrogen) atoms. The highest BCUT2D eigenvalue weighted by Crippen LogP contribution is 2.58. The van der Waals surface area contributed by atoms with Gasteiger partial charge in [-0.25, -0.2) is 0 Å². The second-order valence-corrected chi connectivity index (χ2v) is 6.31. The maximum absolute atomic E-state index is 12.2. The summed E-state index contributed by atoms with van der Waals surface area (Å²) in [5.41, 5.74) is 0.831. The van der Waals surface area contributed by atoms with Gasteiger partial charge in [0.25, 0.3) is 0 Å². The monoisotopic (exact) mass is 315 g/mol. The summed E-state index contributed by atoms with van der Waals surface area (Å²) in [4.78, 5) is 23.4. The van der Waals surface area contributed by atoms with Crippen molar-refractivity contribution in [3.8, 4) is 11.5 Å². The third kappa shape index (κ3) is 2.69. The van der Waals surface area contributed by atoms with Crippen molar-refractivity contribution in [2.75, 3.05) is 5.32 Å². The Hall–Kier alpha value is -2.70. The molecule has 3 rings (SSSR count). The standard InChI is InChI=1S/C16H17N3O4/c1-8-18-19-14(23-8)9-4-6-10(7-5-9)17-13(20)11-12(15(21)22)16(11,2)3/h4-7,11-12H,1-3H3,(H,17,20)(H,21,22)/t11-,12-/m1/s1. The Labute approximate surface area is 132 Å². The van der Waals surface area contributed by atoms with Crippen LogP contribution >= 0.6 is 0 Å². The molecular weight excluding hydrogens is 298 g/mol. The number of carboxylic acids is 1. The molecule has 1 aromatic heterocycles. The number of carboxylic acid groups (broad SMARTS) is 1. The summed E-state index contributed by atoms with van der Waals surface area (Å²) in [6.45, 7) is 5.29. The predicted octanol–water partition coefficient (Wildman–Crippen LogP) is 2.34. The Morgan fingerprint density at radius 1 is 1.17 bits per heavy atom. The van der Waals surface area contributed by atoms with E-state index in [1.807, 2.05) is 0 Å². The molecule has 0 aliphatic heterocycles. The molecule has 0 unspecified atom stereocenters. The van der Waals surface area contributed by atoms with Crippen LogP contribution in [0.4, 0.5) is 5.69 Å². The molecule has 7 nitrogen and oxygen atoms in total. The second-order valence-electron chi connectivity index (χ2n) is 6.31. The van der Waals surface area contributed by atoms with Crippen molar-refractivity contribution < 1.29 is 19.1 Å². The van der Waals surface area contributed by atoms with E-state index in [0.29, 0.717) is 17.5 Å². The Morgan fingerprint density at radius 3 is 2.30 bits per heavy atom. The number of aliphatic carboxylic acids is 1. The molecule has 2 aromatic rings. The summed E-state index contributed by atoms with van der Waals surface area (Å²) in [5, 5.41) is 19.6. The van der Waals surface area contributed by atoms with Crippen LogP contribution in [0.25, 0.3) is 11.5 Å². The molecule has 120 valence electrons. The fraction of sp³-hybridized carbons (Fsp3) is 0.375. The lowest BCUT2D eigenvalue weighted by Gasteiger charge is -2.06. The molecule has 0 bridgehead atoms. The van der Waals surface area contributed by atoms with E-state index in [4.69, 9.17) is 9.52 Å². The Bertz CT molecular complexity index is 764. The normalized spacial score (nSPS) is 21.7. The minimum Gasteiger partial charge on any atom is -0.481 e. The summed E-state index contributed by atoms with van der Waals surface area (Å²) in [7, 11) is 0. The Balaban J connectivity index is 1.69. The molecule has 1 aromatic carbocycles. The van der Waals surface area contributed by atoms with E-state index in [1.54, 1.807) is 45.0 Å². The molecular formula is C16H17N3O4. The molecule has 1 aliphatic carbocycles. The van der Waals surface area contributed by atoms with Crippen LogP contribution in [0.15, 0.2) is 28.7 Å². The first-order chi connectivity index (χ1) is 10.8. The third-order valence-corrected chi connectivity index (χ3v) is 4.30. The van der Waals surface area contributed by atoms with Crippen LogP contribution in [0, 0.1) is 24.2 Å². The molecule has 1 fully saturated rings. The van der Waals surface area contributed by atoms with Gasteiger partial charge in [-0.3, -0.25) is 9.59 Å². The minimum atomic E-state index is -0.933. The van der Waals surface area contributed by atoms with E-state index in [1.165, 1.54) is 0 Å². The van der Waals surface area contributed by atoms with Gasteiger partial charge in [0.2, 0.25) is 17.7 Å². The van der Waals surface area contributed by atoms with E-state index in [0.717, 1.165) is 5.56 Å². The minimum absolute atomic E-state index is 0.274. The van der Waals surface area contributed by atoms with Gasteiger partial charge in [-0.1, -0.05) is 13.8 Å². The average Bonchev–Trinajstić information content (AvgIpc) is 2.83. The number of nitrogens with one attached hydrogen (secondary N) is 1. The van der Waals surface area contributed by atoms with Crippen molar-refractivity contribution in [2.24, 2.45) is 17.3 Å². The number of carbonyl (C=O) groups is 2. The van der Waals surface area contributed by atoms with Crippen molar-refractivity contribution in [3.05, 3.63) is 30.2 Å². The Kier molecular flexibility index (Phi) is 3.43. The van der Waals surface area contributed by atoms with Crippen LogP contribution in [0.3, 0.4) is 0 Å². The smallest absolute Gasteiger partial charge is 0.307 e. The molecule has 1 amide bonds. The highest BCUT2D eigenvalue weighted by molar-refractivity contribution is 5.99. The summed E-state index contributed by atoms with van der Waals surface area (Å²) < 4.78 is 5.33. The van der Waals surface area contributed by atoms with E-state index in [9.17, 15) is 9.59 Å². The lowest BCUT2D eigenvalue weighted by molar-refractivity contribution is -0.140. The van der Waals surface area contributed by atoms with E-state index < -0.39 is 23.2 Å². The molecule has 7 heteroatoms. The highest BCUT2D eigenvalue weighted by Gasteiger charge is 2.65. The van der Waals surface area contributed by atoms with Gasteiger partial charge in [0.15, 0.2) is 0 Å². The number of carbonyl (C=O) groups excluding carboxylic acids is 1. The molecule has 1 heterocycles. The van der Waals surface area contributed by atoms with Crippen molar-refractivity contribution >= 4 is 17.6 Å². The molecule has 2 N–H and O–H groups in total. The average molecular weight is 315 g/mol. The lowest BCUT2D eigenvalue weighted by Crippen LogP contribution is -2.17. The predicted molar refractivity (Wildman–Crippen MR) is 81.5 cm³/mol. The first-order valence-corrected chi connectivity index (χ1v) is 7.25. The van der Waals surface area contributed by atoms with E-state index in [2.05, 4.69) is 15.5 Å². The van der Waals surface area contributed by atoms with Gasteiger partial charge in [-0.15, -0.1) is 10.2 Å². The number of nitrogens with zero attached hydrogens (tertiary/aromatic N) is 2. The topological polar surface area (TPSA) is 105 Å². The largest absolute Gasteiger partial charge is 0.481 e. The molecule has 0 saturated heterocycles. The maximum Gasteiger partial charge on any atom is 0.307 e. The fourth-order valence-electron chi connectivity index (χ4n) is 2.92. The number of hydrogen-bond acceptors (Lipinski definition) is 5. The number of rotatable bonds is 4. The van der Waals surface area contributed by atoms with Gasteiger partial charge in [-0.05, 0) is 29.7 Å². The van der Waals surface area contributed by atoms with Crippen molar-refractivity contribution in [3.63, 3.8) is 0 Å². The van der Waals surface area contributed by atoms with Crippen LogP contribution in [0.5, 0.6) is 0 Å². The SMILES string of the molecule is Cc1nnc(-c2ccc(NC(=O)[C@H]3[C@H](C(=O)O)C3(C)C)cc2)o1. The third-order valence-electron chi connectivity index (χ3n) is 4.30. The van der Waals surface area contributed by atoms with Gasteiger partial charge in [0.1, 0.15) is 0 Å². The zero-order valence-electron chi connectivity index (χ0n) is 13.0. The number of anilines is 1. The number of aryl methyl sites for hydroxylation is 1. The zero-order chi connectivity index (χ0) is 16.8. The van der Waals surface area contributed by atoms with Gasteiger partial charge in [0.05, 0.1) is 11.8 Å². The Morgan fingerprint density at radius 2 is 1.83 bits per heavy atom. The van der Waals surface area contributed by atoms with Gasteiger partial charge in [-0.2, -0.15) is 0 Å². The van der Waals surface area contributed by atoms with Crippen LogP contribution in [0.2, 0.25) is 0 Å². The second kappa shape index (κ2) is 5.19. The lowest BCUT2D eigenvalue weighted by atomic mass is 10.1. The zero-order valence-corrected chi connectivity index (χ0v) is 13.0. The molecule has 1 aliphatic rings. The first kappa shape index (κ1) is 15.2. The van der Waals surface area contributed by atoms with Crippen LogP contribution < -0.4 is 5.32 Å². The summed E-state index contributed by atoms with van der Waals surface area (Å²) in [5.74, 6) is -1.47. The molecule has 0 radical (unpaired) electrons. The number of hydrogen-bond donors (Lipinski definition) is 2. The van der Waals surface area contributed by atoms with Crippen molar-refractivity contribution in [1.82, 2.24) is 10.2 Å². The highest BCUT2D eigenvalue weighted by atomic mass is 16.4. The van der Waals surface area contributed by atoms with Gasteiger partial charge >= 0.3 is 5.97 Å². The van der Waals surface area contributed by atoms with E-state index >= 15 is 0 Å². The van der Waals surface area contributed by atoms with Crippen LogP contribution in [-0.4, -0.2) is 27.2 Å². The van der Waals surface area contributed by atoms with Crippen molar-refractivity contribution in [2.45, 2.75) is 20.8 Å².